The van der Waals surface area contributed by atoms with Gasteiger partial charge in [0.25, 0.3) is 0 Å². The van der Waals surface area contributed by atoms with Crippen LogP contribution in [0.2, 0.25) is 0 Å². The number of nitrogens with zero attached hydrogens (tertiary/aromatic N) is 3. The Morgan fingerprint density at radius 3 is 3.07 bits per heavy atom. The first-order valence-corrected chi connectivity index (χ1v) is 5.71. The van der Waals surface area contributed by atoms with Gasteiger partial charge < -0.3 is 5.32 Å². The second-order valence-corrected chi connectivity index (χ2v) is 4.15. The van der Waals surface area contributed by atoms with Crippen LogP contribution < -0.4 is 10.6 Å². The molecule has 1 aliphatic rings. The molecular formula is C8H13N5OS. The first-order chi connectivity index (χ1) is 7.34. The highest BCUT2D eigenvalue weighted by atomic mass is 32.1. The zero-order valence-corrected chi connectivity index (χ0v) is 9.09. The standard InChI is InChI=1S/C8H13N5OS/c14-7(11-8-12-10-6-15-8)5-13-3-1-9-2-4-13/h6,9H,1-5H2,(H,11,12,14). The normalized spacial score (nSPS) is 17.6. The minimum atomic E-state index is -0.0198. The van der Waals surface area contributed by atoms with Crippen LogP contribution in [0.5, 0.6) is 0 Å². The summed E-state index contributed by atoms with van der Waals surface area (Å²) in [7, 11) is 0. The molecule has 0 radical (unpaired) electrons. The quantitative estimate of drug-likeness (QED) is 0.720. The molecule has 1 fully saturated rings. The van der Waals surface area contributed by atoms with Gasteiger partial charge in [-0.1, -0.05) is 11.3 Å². The van der Waals surface area contributed by atoms with E-state index >= 15 is 0 Å². The van der Waals surface area contributed by atoms with E-state index in [0.29, 0.717) is 11.7 Å². The Hall–Kier alpha value is -1.05. The van der Waals surface area contributed by atoms with Crippen LogP contribution in [0.1, 0.15) is 0 Å². The van der Waals surface area contributed by atoms with Gasteiger partial charge in [-0.05, 0) is 0 Å². The van der Waals surface area contributed by atoms with E-state index in [2.05, 4.69) is 25.7 Å². The Morgan fingerprint density at radius 1 is 1.60 bits per heavy atom. The summed E-state index contributed by atoms with van der Waals surface area (Å²) in [5, 5.41) is 13.9. The van der Waals surface area contributed by atoms with Gasteiger partial charge in [-0.15, -0.1) is 10.2 Å². The number of carbonyl (C=O) groups is 1. The van der Waals surface area contributed by atoms with E-state index in [1.165, 1.54) is 11.3 Å². The third-order valence-electron chi connectivity index (χ3n) is 2.18. The van der Waals surface area contributed by atoms with Crippen molar-refractivity contribution in [3.05, 3.63) is 5.51 Å². The molecule has 0 spiro atoms. The van der Waals surface area contributed by atoms with E-state index in [-0.39, 0.29) is 5.91 Å². The number of hydrogen-bond acceptors (Lipinski definition) is 6. The third kappa shape index (κ3) is 3.22. The van der Waals surface area contributed by atoms with Crippen LogP contribution in [0.4, 0.5) is 5.13 Å². The van der Waals surface area contributed by atoms with Crippen LogP contribution in [0.25, 0.3) is 0 Å². The molecule has 6 nitrogen and oxygen atoms in total. The summed E-state index contributed by atoms with van der Waals surface area (Å²) in [6, 6.07) is 0. The molecule has 0 unspecified atom stereocenters. The number of hydrogen-bond donors (Lipinski definition) is 2. The van der Waals surface area contributed by atoms with Gasteiger partial charge in [-0.25, -0.2) is 0 Å². The number of piperazine rings is 1. The summed E-state index contributed by atoms with van der Waals surface area (Å²) in [5.74, 6) is -0.0198. The molecule has 1 aromatic rings. The fourth-order valence-corrected chi connectivity index (χ4v) is 1.92. The molecule has 2 rings (SSSR count). The van der Waals surface area contributed by atoms with E-state index in [4.69, 9.17) is 0 Å². The maximum Gasteiger partial charge on any atom is 0.240 e. The Kier molecular flexibility index (Phi) is 3.59. The summed E-state index contributed by atoms with van der Waals surface area (Å²) >= 11 is 1.33. The van der Waals surface area contributed by atoms with Gasteiger partial charge in [0.15, 0.2) is 0 Å². The number of aromatic nitrogens is 2. The summed E-state index contributed by atoms with van der Waals surface area (Å²) in [6.07, 6.45) is 0. The van der Waals surface area contributed by atoms with Crippen molar-refractivity contribution in [2.75, 3.05) is 38.0 Å². The van der Waals surface area contributed by atoms with E-state index in [9.17, 15) is 4.79 Å². The van der Waals surface area contributed by atoms with Crippen LogP contribution in [-0.4, -0.2) is 53.7 Å². The van der Waals surface area contributed by atoms with Gasteiger partial charge >= 0.3 is 0 Å². The minimum Gasteiger partial charge on any atom is -0.314 e. The molecule has 1 aliphatic heterocycles. The number of rotatable bonds is 3. The summed E-state index contributed by atoms with van der Waals surface area (Å²) in [4.78, 5) is 13.7. The first-order valence-electron chi connectivity index (χ1n) is 4.84. The molecule has 1 aromatic heterocycles. The molecule has 0 saturated carbocycles. The van der Waals surface area contributed by atoms with Gasteiger partial charge in [0.05, 0.1) is 6.54 Å². The topological polar surface area (TPSA) is 70.2 Å². The highest BCUT2D eigenvalue weighted by Gasteiger charge is 2.13. The molecule has 0 aliphatic carbocycles. The van der Waals surface area contributed by atoms with E-state index in [1.807, 2.05) is 0 Å². The van der Waals surface area contributed by atoms with Crippen molar-refractivity contribution in [3.63, 3.8) is 0 Å². The first kappa shape index (κ1) is 10.5. The molecule has 2 heterocycles. The van der Waals surface area contributed by atoms with Gasteiger partial charge in [-0.3, -0.25) is 15.0 Å². The lowest BCUT2D eigenvalue weighted by atomic mass is 10.3. The molecular weight excluding hydrogens is 214 g/mol. The molecule has 0 atom stereocenters. The van der Waals surface area contributed by atoms with Crippen molar-refractivity contribution in [2.24, 2.45) is 0 Å². The number of amides is 1. The number of nitrogens with one attached hydrogen (secondary N) is 2. The van der Waals surface area contributed by atoms with Crippen LogP contribution >= 0.6 is 11.3 Å². The Bertz CT molecular complexity index is 309. The number of anilines is 1. The zero-order chi connectivity index (χ0) is 10.5. The lowest BCUT2D eigenvalue weighted by Gasteiger charge is -2.26. The van der Waals surface area contributed by atoms with Crippen molar-refractivity contribution < 1.29 is 4.79 Å². The van der Waals surface area contributed by atoms with E-state index in [1.54, 1.807) is 5.51 Å². The fourth-order valence-electron chi connectivity index (χ4n) is 1.46. The molecule has 82 valence electrons. The Morgan fingerprint density at radius 2 is 2.40 bits per heavy atom. The Balaban J connectivity index is 1.76. The largest absolute Gasteiger partial charge is 0.314 e. The molecule has 2 N–H and O–H groups in total. The zero-order valence-electron chi connectivity index (χ0n) is 8.27. The molecule has 0 bridgehead atoms. The van der Waals surface area contributed by atoms with Gasteiger partial charge in [-0.2, -0.15) is 0 Å². The van der Waals surface area contributed by atoms with Crippen molar-refractivity contribution in [1.82, 2.24) is 20.4 Å². The van der Waals surface area contributed by atoms with Crippen molar-refractivity contribution in [1.29, 1.82) is 0 Å². The number of carbonyl (C=O) groups excluding carboxylic acids is 1. The predicted octanol–water partition coefficient (Wildman–Crippen LogP) is -0.618. The highest BCUT2D eigenvalue weighted by Crippen LogP contribution is 2.07. The average molecular weight is 227 g/mol. The summed E-state index contributed by atoms with van der Waals surface area (Å²) in [5.41, 5.74) is 1.60. The van der Waals surface area contributed by atoms with Crippen molar-refractivity contribution >= 4 is 22.4 Å². The second-order valence-electron chi connectivity index (χ2n) is 3.32. The van der Waals surface area contributed by atoms with Crippen LogP contribution in [0, 0.1) is 0 Å². The monoisotopic (exact) mass is 227 g/mol. The van der Waals surface area contributed by atoms with Crippen LogP contribution in [0.15, 0.2) is 5.51 Å². The van der Waals surface area contributed by atoms with Crippen molar-refractivity contribution in [3.8, 4) is 0 Å². The van der Waals surface area contributed by atoms with Crippen LogP contribution in [0.3, 0.4) is 0 Å². The molecule has 7 heteroatoms. The third-order valence-corrected chi connectivity index (χ3v) is 2.79. The molecule has 1 saturated heterocycles. The molecule has 1 amide bonds. The van der Waals surface area contributed by atoms with Crippen LogP contribution in [-0.2, 0) is 4.79 Å². The van der Waals surface area contributed by atoms with Gasteiger partial charge in [0.1, 0.15) is 5.51 Å². The SMILES string of the molecule is O=C(CN1CCNCC1)Nc1nncs1. The Labute approximate surface area is 91.7 Å². The van der Waals surface area contributed by atoms with Gasteiger partial charge in [0, 0.05) is 26.2 Å². The minimum absolute atomic E-state index is 0.0198. The second kappa shape index (κ2) is 5.15. The predicted molar refractivity (Wildman–Crippen MR) is 57.8 cm³/mol. The maximum absolute atomic E-state index is 11.5. The average Bonchev–Trinajstić information content (AvgIpc) is 2.71. The van der Waals surface area contributed by atoms with E-state index in [0.717, 1.165) is 26.2 Å². The van der Waals surface area contributed by atoms with Gasteiger partial charge in [0.2, 0.25) is 11.0 Å². The maximum atomic E-state index is 11.5. The summed E-state index contributed by atoms with van der Waals surface area (Å²) in [6.45, 7) is 4.17. The van der Waals surface area contributed by atoms with E-state index < -0.39 is 0 Å². The highest BCUT2D eigenvalue weighted by molar-refractivity contribution is 7.13. The fraction of sp³-hybridized carbons (Fsp3) is 0.625. The summed E-state index contributed by atoms with van der Waals surface area (Å²) < 4.78 is 0. The van der Waals surface area contributed by atoms with Crippen molar-refractivity contribution in [2.45, 2.75) is 0 Å². The molecule has 15 heavy (non-hydrogen) atoms. The lowest BCUT2D eigenvalue weighted by Crippen LogP contribution is -2.46. The lowest BCUT2D eigenvalue weighted by molar-refractivity contribution is -0.117. The smallest absolute Gasteiger partial charge is 0.240 e. The molecule has 0 aromatic carbocycles.